The number of hydrogen-bond donors (Lipinski definition) is 1. The molecule has 1 amide bonds. The lowest BCUT2D eigenvalue weighted by molar-refractivity contribution is -0.122. The molecule has 0 saturated carbocycles. The lowest BCUT2D eigenvalue weighted by Gasteiger charge is -2.21. The average molecular weight is 318 g/mol. The number of nitrogens with one attached hydrogen (secondary N) is 1. The predicted molar refractivity (Wildman–Crippen MR) is 86.8 cm³/mol. The van der Waals surface area contributed by atoms with Crippen molar-refractivity contribution < 1.29 is 9.32 Å². The SMILES string of the molecule is Cc1nc([C@@H]2CCCN2CC(=O)NCCC2=CCCCC2)no1. The highest BCUT2D eigenvalue weighted by Gasteiger charge is 2.30. The average Bonchev–Trinajstić information content (AvgIpc) is 3.17. The predicted octanol–water partition coefficient (Wildman–Crippen LogP) is 2.52. The zero-order valence-electron chi connectivity index (χ0n) is 13.9. The summed E-state index contributed by atoms with van der Waals surface area (Å²) in [5, 5.41) is 7.06. The van der Waals surface area contributed by atoms with E-state index < -0.39 is 0 Å². The third kappa shape index (κ3) is 4.41. The lowest BCUT2D eigenvalue weighted by Crippen LogP contribution is -2.37. The summed E-state index contributed by atoms with van der Waals surface area (Å²) in [6.45, 7) is 3.86. The Balaban J connectivity index is 1.44. The Morgan fingerprint density at radius 1 is 1.43 bits per heavy atom. The molecule has 6 heteroatoms. The minimum atomic E-state index is 0.0912. The summed E-state index contributed by atoms with van der Waals surface area (Å²) in [7, 11) is 0. The van der Waals surface area contributed by atoms with Crippen LogP contribution in [0.3, 0.4) is 0 Å². The topological polar surface area (TPSA) is 71.3 Å². The Kier molecular flexibility index (Phi) is 5.43. The van der Waals surface area contributed by atoms with Gasteiger partial charge < -0.3 is 9.84 Å². The molecule has 1 aliphatic carbocycles. The van der Waals surface area contributed by atoms with E-state index in [1.807, 2.05) is 0 Å². The van der Waals surface area contributed by atoms with Crippen molar-refractivity contribution in [2.75, 3.05) is 19.6 Å². The molecule has 0 unspecified atom stereocenters. The van der Waals surface area contributed by atoms with Crippen LogP contribution in [-0.4, -0.2) is 40.6 Å². The Morgan fingerprint density at radius 3 is 3.09 bits per heavy atom. The molecule has 1 saturated heterocycles. The van der Waals surface area contributed by atoms with Crippen LogP contribution in [0, 0.1) is 6.92 Å². The van der Waals surface area contributed by atoms with Crippen molar-refractivity contribution >= 4 is 5.91 Å². The number of aromatic nitrogens is 2. The molecule has 6 nitrogen and oxygen atoms in total. The van der Waals surface area contributed by atoms with Gasteiger partial charge >= 0.3 is 0 Å². The van der Waals surface area contributed by atoms with Crippen LogP contribution in [0.4, 0.5) is 0 Å². The first-order valence-corrected chi connectivity index (χ1v) is 8.71. The van der Waals surface area contributed by atoms with Gasteiger partial charge in [-0.25, -0.2) is 0 Å². The molecule has 1 aromatic rings. The normalized spacial score (nSPS) is 22.1. The van der Waals surface area contributed by atoms with E-state index in [0.717, 1.165) is 32.4 Å². The quantitative estimate of drug-likeness (QED) is 0.816. The van der Waals surface area contributed by atoms with Gasteiger partial charge in [0, 0.05) is 13.5 Å². The van der Waals surface area contributed by atoms with Gasteiger partial charge in [-0.3, -0.25) is 9.69 Å². The number of carbonyl (C=O) groups excluding carboxylic acids is 1. The first-order valence-electron chi connectivity index (χ1n) is 8.71. The summed E-state index contributed by atoms with van der Waals surface area (Å²) in [4.78, 5) is 18.7. The largest absolute Gasteiger partial charge is 0.355 e. The molecule has 126 valence electrons. The fourth-order valence-electron chi connectivity index (χ4n) is 3.49. The number of hydrogen-bond acceptors (Lipinski definition) is 5. The molecule has 2 heterocycles. The van der Waals surface area contributed by atoms with Crippen LogP contribution in [0.15, 0.2) is 16.2 Å². The van der Waals surface area contributed by atoms with Crippen LogP contribution in [0.2, 0.25) is 0 Å². The molecule has 1 aromatic heterocycles. The number of rotatable bonds is 6. The van der Waals surface area contributed by atoms with E-state index >= 15 is 0 Å². The highest BCUT2D eigenvalue weighted by atomic mass is 16.5. The Hall–Kier alpha value is -1.69. The van der Waals surface area contributed by atoms with E-state index in [0.29, 0.717) is 18.3 Å². The van der Waals surface area contributed by atoms with Crippen LogP contribution in [-0.2, 0) is 4.79 Å². The number of carbonyl (C=O) groups is 1. The fraction of sp³-hybridized carbons (Fsp3) is 0.706. The number of allylic oxidation sites excluding steroid dienone is 1. The molecule has 0 spiro atoms. The monoisotopic (exact) mass is 318 g/mol. The molecule has 3 rings (SSSR count). The minimum Gasteiger partial charge on any atom is -0.355 e. The van der Waals surface area contributed by atoms with Gasteiger partial charge in [-0.1, -0.05) is 16.8 Å². The van der Waals surface area contributed by atoms with E-state index in [2.05, 4.69) is 26.4 Å². The van der Waals surface area contributed by atoms with Gasteiger partial charge in [0.2, 0.25) is 11.8 Å². The molecule has 1 aliphatic heterocycles. The second-order valence-electron chi connectivity index (χ2n) is 6.51. The maximum Gasteiger partial charge on any atom is 0.234 e. The second kappa shape index (κ2) is 7.73. The van der Waals surface area contributed by atoms with E-state index in [-0.39, 0.29) is 11.9 Å². The molecule has 1 fully saturated rings. The van der Waals surface area contributed by atoms with E-state index in [4.69, 9.17) is 4.52 Å². The zero-order chi connectivity index (χ0) is 16.1. The summed E-state index contributed by atoms with van der Waals surface area (Å²) in [6.07, 6.45) is 10.4. The van der Waals surface area contributed by atoms with Gasteiger partial charge in [0.05, 0.1) is 12.6 Å². The van der Waals surface area contributed by atoms with Gasteiger partial charge in [0.1, 0.15) is 0 Å². The molecule has 23 heavy (non-hydrogen) atoms. The summed E-state index contributed by atoms with van der Waals surface area (Å²) in [6, 6.07) is 0.110. The number of likely N-dealkylation sites (tertiary alicyclic amines) is 1. The molecular formula is C17H26N4O2. The Morgan fingerprint density at radius 2 is 2.35 bits per heavy atom. The Bertz CT molecular complexity index is 567. The van der Waals surface area contributed by atoms with Crippen molar-refractivity contribution in [2.45, 2.75) is 57.9 Å². The number of aryl methyl sites for hydroxylation is 1. The highest BCUT2D eigenvalue weighted by Crippen LogP contribution is 2.29. The Labute approximate surface area is 137 Å². The van der Waals surface area contributed by atoms with Gasteiger partial charge in [-0.15, -0.1) is 0 Å². The van der Waals surface area contributed by atoms with Gasteiger partial charge in [-0.2, -0.15) is 4.98 Å². The summed E-state index contributed by atoms with van der Waals surface area (Å²) < 4.78 is 5.07. The van der Waals surface area contributed by atoms with Crippen molar-refractivity contribution in [3.8, 4) is 0 Å². The molecular weight excluding hydrogens is 292 g/mol. The molecule has 2 aliphatic rings. The van der Waals surface area contributed by atoms with Crippen LogP contribution in [0.1, 0.15) is 62.7 Å². The van der Waals surface area contributed by atoms with E-state index in [1.165, 1.54) is 31.3 Å². The molecule has 0 radical (unpaired) electrons. The van der Waals surface area contributed by atoms with Crippen molar-refractivity contribution in [3.05, 3.63) is 23.4 Å². The van der Waals surface area contributed by atoms with Crippen LogP contribution in [0.25, 0.3) is 0 Å². The van der Waals surface area contributed by atoms with Gasteiger partial charge in [-0.05, 0) is 51.5 Å². The van der Waals surface area contributed by atoms with Crippen molar-refractivity contribution in [1.29, 1.82) is 0 Å². The van der Waals surface area contributed by atoms with Crippen LogP contribution < -0.4 is 5.32 Å². The molecule has 1 N–H and O–H groups in total. The van der Waals surface area contributed by atoms with Crippen molar-refractivity contribution in [3.63, 3.8) is 0 Å². The molecule has 0 aromatic carbocycles. The third-order valence-corrected chi connectivity index (χ3v) is 4.70. The summed E-state index contributed by atoms with van der Waals surface area (Å²) >= 11 is 0. The van der Waals surface area contributed by atoms with Crippen LogP contribution in [0.5, 0.6) is 0 Å². The summed E-state index contributed by atoms with van der Waals surface area (Å²) in [5.41, 5.74) is 1.50. The fourth-order valence-corrected chi connectivity index (χ4v) is 3.49. The minimum absolute atomic E-state index is 0.0912. The van der Waals surface area contributed by atoms with Crippen molar-refractivity contribution in [1.82, 2.24) is 20.4 Å². The third-order valence-electron chi connectivity index (χ3n) is 4.70. The zero-order valence-corrected chi connectivity index (χ0v) is 13.9. The maximum absolute atomic E-state index is 12.2. The smallest absolute Gasteiger partial charge is 0.234 e. The second-order valence-corrected chi connectivity index (χ2v) is 6.51. The van der Waals surface area contributed by atoms with E-state index in [1.54, 1.807) is 6.92 Å². The van der Waals surface area contributed by atoms with Gasteiger partial charge in [0.15, 0.2) is 5.82 Å². The lowest BCUT2D eigenvalue weighted by atomic mass is 9.97. The number of amides is 1. The van der Waals surface area contributed by atoms with Crippen molar-refractivity contribution in [2.24, 2.45) is 0 Å². The highest BCUT2D eigenvalue weighted by molar-refractivity contribution is 5.78. The van der Waals surface area contributed by atoms with Gasteiger partial charge in [0.25, 0.3) is 0 Å². The number of nitrogens with zero attached hydrogens (tertiary/aromatic N) is 3. The van der Waals surface area contributed by atoms with E-state index in [9.17, 15) is 4.79 Å². The first-order chi connectivity index (χ1) is 11.2. The summed E-state index contributed by atoms with van der Waals surface area (Å²) in [5.74, 6) is 1.38. The molecule has 1 atom stereocenters. The van der Waals surface area contributed by atoms with Crippen LogP contribution >= 0.6 is 0 Å². The first kappa shape index (κ1) is 16.2. The standard InChI is InChI=1S/C17H26N4O2/c1-13-19-17(20-23-13)15-8-5-11-21(15)12-16(22)18-10-9-14-6-3-2-4-7-14/h6,15H,2-5,7-12H2,1H3,(H,18,22)/t15-/m0/s1. The maximum atomic E-state index is 12.2. The molecule has 0 bridgehead atoms.